The van der Waals surface area contributed by atoms with Crippen LogP contribution in [-0.2, 0) is 4.79 Å². The summed E-state index contributed by atoms with van der Waals surface area (Å²) in [4.78, 5) is 27.2. The summed E-state index contributed by atoms with van der Waals surface area (Å²) in [6.45, 7) is 0.507. The Morgan fingerprint density at radius 3 is 2.81 bits per heavy atom. The van der Waals surface area contributed by atoms with Crippen LogP contribution >= 0.6 is 27.3 Å². The van der Waals surface area contributed by atoms with E-state index in [9.17, 15) is 9.59 Å². The molecule has 2 aromatic carbocycles. The second-order valence-electron chi connectivity index (χ2n) is 6.93. The first-order valence-corrected chi connectivity index (χ1v) is 11.3. The molecule has 0 spiro atoms. The summed E-state index contributed by atoms with van der Waals surface area (Å²) in [5.41, 5.74) is 1.52. The van der Waals surface area contributed by atoms with Crippen molar-refractivity contribution in [3.63, 3.8) is 0 Å². The van der Waals surface area contributed by atoms with Gasteiger partial charge in [0.1, 0.15) is 16.8 Å². The molecule has 0 aliphatic carbocycles. The molecule has 4 rings (SSSR count). The first-order chi connectivity index (χ1) is 15.0. The number of rotatable bonds is 5. The number of carbonyl (C=O) groups excluding carboxylic acids is 2. The lowest BCUT2D eigenvalue weighted by molar-refractivity contribution is -0.119. The maximum absolute atomic E-state index is 12.9. The van der Waals surface area contributed by atoms with Crippen LogP contribution in [0.15, 0.2) is 53.0 Å². The minimum absolute atomic E-state index is 0.268. The van der Waals surface area contributed by atoms with Crippen molar-refractivity contribution in [3.8, 4) is 16.3 Å². The van der Waals surface area contributed by atoms with E-state index >= 15 is 0 Å². The Morgan fingerprint density at radius 1 is 1.16 bits per heavy atom. The van der Waals surface area contributed by atoms with Crippen molar-refractivity contribution in [2.45, 2.75) is 18.9 Å². The van der Waals surface area contributed by atoms with Gasteiger partial charge in [0.2, 0.25) is 11.0 Å². The normalized spacial score (nSPS) is 15.5. The number of methoxy groups -OCH3 is 1. The van der Waals surface area contributed by atoms with Crippen molar-refractivity contribution in [1.82, 2.24) is 15.1 Å². The van der Waals surface area contributed by atoms with Crippen molar-refractivity contribution >= 4 is 50.0 Å². The van der Waals surface area contributed by atoms with Crippen LogP contribution in [0.4, 0.5) is 15.6 Å². The van der Waals surface area contributed by atoms with E-state index < -0.39 is 6.04 Å². The first kappa shape index (κ1) is 21.3. The number of amides is 3. The zero-order valence-electron chi connectivity index (χ0n) is 16.7. The summed E-state index contributed by atoms with van der Waals surface area (Å²) >= 11 is 4.73. The van der Waals surface area contributed by atoms with Crippen molar-refractivity contribution in [3.05, 3.63) is 53.0 Å². The predicted octanol–water partition coefficient (Wildman–Crippen LogP) is 4.61. The van der Waals surface area contributed by atoms with E-state index in [2.05, 4.69) is 36.8 Å². The number of aromatic nitrogens is 2. The Hall–Kier alpha value is -2.98. The van der Waals surface area contributed by atoms with E-state index in [0.717, 1.165) is 16.5 Å². The van der Waals surface area contributed by atoms with Gasteiger partial charge in [-0.3, -0.25) is 10.1 Å². The number of likely N-dealkylation sites (tertiary alicyclic amines) is 1. The summed E-state index contributed by atoms with van der Waals surface area (Å²) in [6.07, 6.45) is 1.34. The molecule has 0 unspecified atom stereocenters. The molecule has 8 nitrogen and oxygen atoms in total. The molecule has 1 aliphatic heterocycles. The number of hydrogen-bond donors (Lipinski definition) is 2. The average molecular weight is 502 g/mol. The smallest absolute Gasteiger partial charge is 0.322 e. The molecule has 31 heavy (non-hydrogen) atoms. The van der Waals surface area contributed by atoms with Gasteiger partial charge in [0, 0.05) is 28.3 Å². The molecule has 1 aliphatic rings. The molecule has 1 saturated heterocycles. The third-order valence-electron chi connectivity index (χ3n) is 4.86. The highest BCUT2D eigenvalue weighted by Crippen LogP contribution is 2.29. The third kappa shape index (κ3) is 5.02. The largest absolute Gasteiger partial charge is 0.497 e. The maximum Gasteiger partial charge on any atom is 0.322 e. The monoisotopic (exact) mass is 501 g/mol. The fraction of sp³-hybridized carbons (Fsp3) is 0.238. The number of nitrogens with zero attached hydrogens (tertiary/aromatic N) is 3. The van der Waals surface area contributed by atoms with Crippen molar-refractivity contribution < 1.29 is 14.3 Å². The Balaban J connectivity index is 1.41. The highest BCUT2D eigenvalue weighted by molar-refractivity contribution is 9.10. The molecule has 0 bridgehead atoms. The number of hydrogen-bond acceptors (Lipinski definition) is 6. The standard InChI is InChI=1S/C21H20BrN5O3S/c1-30-16-8-3-7-15(12-16)23-21(29)27-10-4-9-17(27)18(28)24-20-26-25-19(31-20)13-5-2-6-14(22)11-13/h2-3,5-8,11-12,17H,4,9-10H2,1H3,(H,23,29)(H,24,26,28)/t17-/m1/s1. The Kier molecular flexibility index (Phi) is 6.47. The predicted molar refractivity (Wildman–Crippen MR) is 123 cm³/mol. The summed E-state index contributed by atoms with van der Waals surface area (Å²) in [5, 5.41) is 15.0. The molecule has 0 saturated carbocycles. The zero-order chi connectivity index (χ0) is 21.8. The molecule has 1 fully saturated rings. The molecule has 0 radical (unpaired) electrons. The summed E-state index contributed by atoms with van der Waals surface area (Å²) < 4.78 is 6.12. The Morgan fingerprint density at radius 2 is 2.00 bits per heavy atom. The molecule has 10 heteroatoms. The fourth-order valence-corrected chi connectivity index (χ4v) is 4.52. The molecule has 2 heterocycles. The molecule has 3 aromatic rings. The van der Waals surface area contributed by atoms with Crippen LogP contribution in [0.2, 0.25) is 0 Å². The van der Waals surface area contributed by atoms with Gasteiger partial charge in [-0.2, -0.15) is 0 Å². The van der Waals surface area contributed by atoms with Crippen LogP contribution in [0, 0.1) is 0 Å². The van der Waals surface area contributed by atoms with E-state index in [4.69, 9.17) is 4.74 Å². The van der Waals surface area contributed by atoms with E-state index in [1.54, 1.807) is 36.3 Å². The van der Waals surface area contributed by atoms with Gasteiger partial charge in [0.15, 0.2) is 0 Å². The van der Waals surface area contributed by atoms with Gasteiger partial charge in [-0.1, -0.05) is 45.5 Å². The van der Waals surface area contributed by atoms with Crippen LogP contribution in [0.5, 0.6) is 5.75 Å². The molecule has 1 aromatic heterocycles. The second kappa shape index (κ2) is 9.44. The van der Waals surface area contributed by atoms with Gasteiger partial charge in [-0.25, -0.2) is 4.79 Å². The number of ether oxygens (including phenoxy) is 1. The van der Waals surface area contributed by atoms with E-state index in [1.165, 1.54) is 11.3 Å². The zero-order valence-corrected chi connectivity index (χ0v) is 19.1. The number of nitrogens with one attached hydrogen (secondary N) is 2. The lowest BCUT2D eigenvalue weighted by atomic mass is 10.2. The minimum Gasteiger partial charge on any atom is -0.497 e. The Labute approximate surface area is 191 Å². The van der Waals surface area contributed by atoms with Gasteiger partial charge in [0.05, 0.1) is 7.11 Å². The van der Waals surface area contributed by atoms with Crippen LogP contribution in [-0.4, -0.2) is 46.7 Å². The SMILES string of the molecule is COc1cccc(NC(=O)N2CCC[C@@H]2C(=O)Nc2nnc(-c3cccc(Br)c3)s2)c1. The highest BCUT2D eigenvalue weighted by Gasteiger charge is 2.34. The molecular weight excluding hydrogens is 482 g/mol. The molecule has 1 atom stereocenters. The third-order valence-corrected chi connectivity index (χ3v) is 6.25. The number of urea groups is 1. The lowest BCUT2D eigenvalue weighted by Crippen LogP contribution is -2.45. The van der Waals surface area contributed by atoms with Gasteiger partial charge in [0.25, 0.3) is 0 Å². The van der Waals surface area contributed by atoms with Crippen molar-refractivity contribution in [2.24, 2.45) is 0 Å². The number of benzene rings is 2. The van der Waals surface area contributed by atoms with Crippen LogP contribution in [0.1, 0.15) is 12.8 Å². The number of carbonyl (C=O) groups is 2. The molecule has 160 valence electrons. The van der Waals surface area contributed by atoms with E-state index in [-0.39, 0.29) is 11.9 Å². The summed E-state index contributed by atoms with van der Waals surface area (Å²) in [5.74, 6) is 0.376. The minimum atomic E-state index is -0.566. The summed E-state index contributed by atoms with van der Waals surface area (Å²) in [6, 6.07) is 13.9. The Bertz CT molecular complexity index is 1110. The molecule has 2 N–H and O–H groups in total. The fourth-order valence-electron chi connectivity index (χ4n) is 3.38. The van der Waals surface area contributed by atoms with Gasteiger partial charge < -0.3 is 15.0 Å². The van der Waals surface area contributed by atoms with Crippen LogP contribution < -0.4 is 15.4 Å². The summed E-state index contributed by atoms with van der Waals surface area (Å²) in [7, 11) is 1.57. The highest BCUT2D eigenvalue weighted by atomic mass is 79.9. The molecular formula is C21H20BrN5O3S. The number of anilines is 2. The van der Waals surface area contributed by atoms with Gasteiger partial charge >= 0.3 is 6.03 Å². The number of halogens is 1. The van der Waals surface area contributed by atoms with Gasteiger partial charge in [-0.15, -0.1) is 10.2 Å². The van der Waals surface area contributed by atoms with E-state index in [0.29, 0.717) is 34.5 Å². The topological polar surface area (TPSA) is 96.5 Å². The quantitative estimate of drug-likeness (QED) is 0.531. The maximum atomic E-state index is 12.9. The van der Waals surface area contributed by atoms with E-state index in [1.807, 2.05) is 24.3 Å². The van der Waals surface area contributed by atoms with Gasteiger partial charge in [-0.05, 0) is 37.1 Å². The average Bonchev–Trinajstić information content (AvgIpc) is 3.44. The van der Waals surface area contributed by atoms with Crippen LogP contribution in [0.25, 0.3) is 10.6 Å². The van der Waals surface area contributed by atoms with Crippen LogP contribution in [0.3, 0.4) is 0 Å². The second-order valence-corrected chi connectivity index (χ2v) is 8.82. The molecule has 3 amide bonds. The first-order valence-electron chi connectivity index (χ1n) is 9.65. The van der Waals surface area contributed by atoms with Crippen molar-refractivity contribution in [1.29, 1.82) is 0 Å². The van der Waals surface area contributed by atoms with Crippen molar-refractivity contribution in [2.75, 3.05) is 24.3 Å². The lowest BCUT2D eigenvalue weighted by Gasteiger charge is -2.23.